The highest BCUT2D eigenvalue weighted by Gasteiger charge is 2.26. The minimum absolute atomic E-state index is 0.682. The summed E-state index contributed by atoms with van der Waals surface area (Å²) in [6, 6.07) is 0.682. The average molecular weight is 220 g/mol. The van der Waals surface area contributed by atoms with Crippen molar-refractivity contribution >= 4 is 0 Å². The minimum Gasteiger partial charge on any atom is -0.333 e. The normalized spacial score (nSPS) is 30.6. The van der Waals surface area contributed by atoms with Gasteiger partial charge in [-0.3, -0.25) is 4.90 Å². The van der Waals surface area contributed by atoms with E-state index in [0.29, 0.717) is 6.04 Å². The van der Waals surface area contributed by atoms with Gasteiger partial charge in [0, 0.05) is 38.1 Å². The number of rotatable bonds is 2. The van der Waals surface area contributed by atoms with Gasteiger partial charge in [-0.25, -0.2) is 4.98 Å². The van der Waals surface area contributed by atoms with Crippen LogP contribution < -0.4 is 5.32 Å². The molecule has 1 aromatic heterocycles. The third-order valence-corrected chi connectivity index (χ3v) is 3.97. The second kappa shape index (κ2) is 4.18. The van der Waals surface area contributed by atoms with Crippen molar-refractivity contribution in [2.45, 2.75) is 32.5 Å². The molecule has 2 aliphatic heterocycles. The van der Waals surface area contributed by atoms with Gasteiger partial charge in [0.05, 0.1) is 6.54 Å². The average Bonchev–Trinajstić information content (AvgIpc) is 2.88. The maximum atomic E-state index is 4.40. The largest absolute Gasteiger partial charge is 0.333 e. The van der Waals surface area contributed by atoms with E-state index in [-0.39, 0.29) is 0 Å². The highest BCUT2D eigenvalue weighted by molar-refractivity contribution is 4.96. The van der Waals surface area contributed by atoms with Crippen LogP contribution in [0.2, 0.25) is 0 Å². The van der Waals surface area contributed by atoms with Crippen LogP contribution in [0.5, 0.6) is 0 Å². The smallest absolute Gasteiger partial charge is 0.122 e. The molecule has 3 rings (SSSR count). The first-order chi connectivity index (χ1) is 7.83. The van der Waals surface area contributed by atoms with Crippen molar-refractivity contribution in [3.8, 4) is 0 Å². The molecule has 3 heterocycles. The van der Waals surface area contributed by atoms with Gasteiger partial charge >= 0.3 is 0 Å². The molecule has 1 fully saturated rings. The van der Waals surface area contributed by atoms with Crippen LogP contribution in [0.3, 0.4) is 0 Å². The summed E-state index contributed by atoms with van der Waals surface area (Å²) in [7, 11) is 0. The molecule has 0 saturated carbocycles. The van der Waals surface area contributed by atoms with E-state index >= 15 is 0 Å². The maximum absolute atomic E-state index is 4.40. The Morgan fingerprint density at radius 3 is 3.25 bits per heavy atom. The van der Waals surface area contributed by atoms with Gasteiger partial charge in [-0.15, -0.1) is 0 Å². The first-order valence-electron chi connectivity index (χ1n) is 6.28. The fourth-order valence-corrected chi connectivity index (χ4v) is 2.80. The minimum atomic E-state index is 0.682. The van der Waals surface area contributed by atoms with Crippen LogP contribution in [0.25, 0.3) is 0 Å². The van der Waals surface area contributed by atoms with Gasteiger partial charge in [0.15, 0.2) is 0 Å². The standard InChI is InChI=1S/C12H20N4/c1-10-2-3-13-11(10)8-15-6-7-16-5-4-14-12(16)9-15/h4-5,10-11,13H,2-3,6-9H2,1H3. The predicted octanol–water partition coefficient (Wildman–Crippen LogP) is 0.697. The zero-order valence-corrected chi connectivity index (χ0v) is 9.89. The second-order valence-corrected chi connectivity index (χ2v) is 5.10. The molecule has 0 amide bonds. The van der Waals surface area contributed by atoms with E-state index in [1.807, 2.05) is 6.20 Å². The first-order valence-corrected chi connectivity index (χ1v) is 6.28. The van der Waals surface area contributed by atoms with Crippen LogP contribution in [-0.4, -0.2) is 40.1 Å². The van der Waals surface area contributed by atoms with E-state index in [1.54, 1.807) is 0 Å². The third kappa shape index (κ3) is 1.87. The molecule has 4 heteroatoms. The molecule has 0 radical (unpaired) electrons. The van der Waals surface area contributed by atoms with Crippen molar-refractivity contribution in [1.82, 2.24) is 19.8 Å². The fraction of sp³-hybridized carbons (Fsp3) is 0.750. The Labute approximate surface area is 96.7 Å². The number of aromatic nitrogens is 2. The van der Waals surface area contributed by atoms with E-state index in [2.05, 4.69) is 32.9 Å². The molecule has 1 N–H and O–H groups in total. The van der Waals surface area contributed by atoms with Crippen LogP contribution in [0.4, 0.5) is 0 Å². The number of imidazole rings is 1. The highest BCUT2D eigenvalue weighted by atomic mass is 15.2. The molecular formula is C12H20N4. The van der Waals surface area contributed by atoms with Gasteiger partial charge in [0.25, 0.3) is 0 Å². The highest BCUT2D eigenvalue weighted by Crippen LogP contribution is 2.18. The summed E-state index contributed by atoms with van der Waals surface area (Å²) in [5.74, 6) is 2.04. The van der Waals surface area contributed by atoms with E-state index in [1.165, 1.54) is 25.3 Å². The van der Waals surface area contributed by atoms with Crippen molar-refractivity contribution < 1.29 is 0 Å². The Balaban J connectivity index is 1.61. The Morgan fingerprint density at radius 2 is 2.44 bits per heavy atom. The van der Waals surface area contributed by atoms with Crippen molar-refractivity contribution in [3.05, 3.63) is 18.2 Å². The summed E-state index contributed by atoms with van der Waals surface area (Å²) in [6.07, 6.45) is 5.32. The maximum Gasteiger partial charge on any atom is 0.122 e. The summed E-state index contributed by atoms with van der Waals surface area (Å²) in [5.41, 5.74) is 0. The van der Waals surface area contributed by atoms with Crippen LogP contribution in [0.1, 0.15) is 19.2 Å². The number of hydrogen-bond acceptors (Lipinski definition) is 3. The van der Waals surface area contributed by atoms with E-state index < -0.39 is 0 Å². The molecule has 4 nitrogen and oxygen atoms in total. The van der Waals surface area contributed by atoms with E-state index in [0.717, 1.165) is 25.6 Å². The van der Waals surface area contributed by atoms with Gasteiger partial charge in [0.2, 0.25) is 0 Å². The van der Waals surface area contributed by atoms with Crippen molar-refractivity contribution in [2.24, 2.45) is 5.92 Å². The molecule has 0 aromatic carbocycles. The van der Waals surface area contributed by atoms with Crippen LogP contribution in [-0.2, 0) is 13.1 Å². The Kier molecular flexibility index (Phi) is 2.69. The summed E-state index contributed by atoms with van der Waals surface area (Å²) >= 11 is 0. The topological polar surface area (TPSA) is 33.1 Å². The van der Waals surface area contributed by atoms with Crippen molar-refractivity contribution in [1.29, 1.82) is 0 Å². The fourth-order valence-electron chi connectivity index (χ4n) is 2.80. The van der Waals surface area contributed by atoms with Crippen LogP contribution in [0.15, 0.2) is 12.4 Å². The van der Waals surface area contributed by atoms with Gasteiger partial charge in [-0.05, 0) is 18.9 Å². The zero-order chi connectivity index (χ0) is 11.0. The van der Waals surface area contributed by atoms with Gasteiger partial charge in [-0.2, -0.15) is 0 Å². The lowest BCUT2D eigenvalue weighted by molar-refractivity contribution is 0.189. The SMILES string of the molecule is CC1CCNC1CN1CCn2ccnc2C1. The molecule has 2 aliphatic rings. The summed E-state index contributed by atoms with van der Waals surface area (Å²) < 4.78 is 2.27. The van der Waals surface area contributed by atoms with Crippen LogP contribution in [0, 0.1) is 5.92 Å². The predicted molar refractivity (Wildman–Crippen MR) is 63.1 cm³/mol. The number of hydrogen-bond donors (Lipinski definition) is 1. The van der Waals surface area contributed by atoms with Gasteiger partial charge < -0.3 is 9.88 Å². The molecule has 2 atom stereocenters. The lowest BCUT2D eigenvalue weighted by Gasteiger charge is -2.31. The van der Waals surface area contributed by atoms with E-state index in [4.69, 9.17) is 0 Å². The Bertz CT molecular complexity index is 360. The molecule has 16 heavy (non-hydrogen) atoms. The monoisotopic (exact) mass is 220 g/mol. The van der Waals surface area contributed by atoms with Crippen molar-refractivity contribution in [2.75, 3.05) is 19.6 Å². The summed E-state index contributed by atoms with van der Waals surface area (Å²) in [6.45, 7) is 7.99. The molecule has 2 unspecified atom stereocenters. The Morgan fingerprint density at radius 1 is 1.50 bits per heavy atom. The quantitative estimate of drug-likeness (QED) is 0.796. The number of nitrogens with zero attached hydrogens (tertiary/aromatic N) is 3. The molecule has 1 aromatic rings. The van der Waals surface area contributed by atoms with Crippen molar-refractivity contribution in [3.63, 3.8) is 0 Å². The summed E-state index contributed by atoms with van der Waals surface area (Å²) in [4.78, 5) is 6.93. The van der Waals surface area contributed by atoms with Gasteiger partial charge in [0.1, 0.15) is 5.82 Å². The summed E-state index contributed by atoms with van der Waals surface area (Å²) in [5, 5.41) is 3.60. The van der Waals surface area contributed by atoms with Gasteiger partial charge in [-0.1, -0.05) is 6.92 Å². The second-order valence-electron chi connectivity index (χ2n) is 5.10. The zero-order valence-electron chi connectivity index (χ0n) is 9.89. The molecule has 0 spiro atoms. The van der Waals surface area contributed by atoms with E-state index in [9.17, 15) is 0 Å². The first kappa shape index (κ1) is 10.3. The lowest BCUT2D eigenvalue weighted by Crippen LogP contribution is -2.43. The number of nitrogens with one attached hydrogen (secondary N) is 1. The molecule has 0 bridgehead atoms. The molecule has 88 valence electrons. The number of fused-ring (bicyclic) bond motifs is 1. The Hall–Kier alpha value is -0.870. The van der Waals surface area contributed by atoms with Crippen LogP contribution >= 0.6 is 0 Å². The lowest BCUT2D eigenvalue weighted by atomic mass is 10.0. The molecular weight excluding hydrogens is 200 g/mol. The molecule has 0 aliphatic carbocycles. The third-order valence-electron chi connectivity index (χ3n) is 3.97. The molecule has 1 saturated heterocycles.